The fraction of sp³-hybridized carbons (Fsp3) is 0.167. The Labute approximate surface area is 193 Å². The van der Waals surface area contributed by atoms with E-state index in [1.54, 1.807) is 18.2 Å². The number of aromatic nitrogens is 2. The Hall–Kier alpha value is -3.98. The van der Waals surface area contributed by atoms with Crippen molar-refractivity contribution in [2.45, 2.75) is 13.5 Å². The van der Waals surface area contributed by atoms with Gasteiger partial charge in [0.05, 0.1) is 19.3 Å². The summed E-state index contributed by atoms with van der Waals surface area (Å²) >= 11 is 1.25. The molecule has 2 aromatic carbocycles. The molecule has 0 spiro atoms. The van der Waals surface area contributed by atoms with Crippen molar-refractivity contribution in [2.24, 2.45) is 0 Å². The Morgan fingerprint density at radius 1 is 1.06 bits per heavy atom. The number of nitrogens with zero attached hydrogens (tertiary/aromatic N) is 2. The molecule has 0 aliphatic heterocycles. The van der Waals surface area contributed by atoms with Crippen LogP contribution in [-0.4, -0.2) is 41.3 Å². The quantitative estimate of drug-likeness (QED) is 0.421. The summed E-state index contributed by atoms with van der Waals surface area (Å²) in [4.78, 5) is 37.9. The highest BCUT2D eigenvalue weighted by atomic mass is 32.1. The molecule has 2 heterocycles. The summed E-state index contributed by atoms with van der Waals surface area (Å²) in [7, 11) is 1.52. The number of benzene rings is 2. The molecule has 1 N–H and O–H groups in total. The Balaban J connectivity index is 1.37. The van der Waals surface area contributed by atoms with E-state index < -0.39 is 24.4 Å². The second kappa shape index (κ2) is 9.66. The van der Waals surface area contributed by atoms with Crippen LogP contribution in [-0.2, 0) is 16.1 Å². The van der Waals surface area contributed by atoms with Crippen LogP contribution < -0.4 is 10.1 Å². The number of carbonyl (C=O) groups excluding carboxylic acids is 3. The minimum atomic E-state index is -0.711. The molecule has 0 fully saturated rings. The first-order valence-electron chi connectivity index (χ1n) is 10.1. The molecule has 0 aliphatic carbocycles. The number of esters is 1. The Morgan fingerprint density at radius 2 is 1.79 bits per heavy atom. The number of hydrogen-bond donors (Lipinski definition) is 1. The lowest BCUT2D eigenvalue weighted by molar-refractivity contribution is -0.123. The highest BCUT2D eigenvalue weighted by molar-refractivity contribution is 7.20. The van der Waals surface area contributed by atoms with Gasteiger partial charge in [0.25, 0.3) is 11.8 Å². The van der Waals surface area contributed by atoms with Crippen molar-refractivity contribution in [3.8, 4) is 5.75 Å². The van der Waals surface area contributed by atoms with Gasteiger partial charge in [0, 0.05) is 10.9 Å². The van der Waals surface area contributed by atoms with Crippen LogP contribution in [0.4, 0.5) is 0 Å². The second-order valence-electron chi connectivity index (χ2n) is 7.24. The van der Waals surface area contributed by atoms with E-state index in [4.69, 9.17) is 9.47 Å². The van der Waals surface area contributed by atoms with Crippen LogP contribution in [0.2, 0.25) is 0 Å². The Morgan fingerprint density at radius 3 is 2.48 bits per heavy atom. The lowest BCUT2D eigenvalue weighted by atomic mass is 10.2. The molecule has 33 heavy (non-hydrogen) atoms. The molecule has 0 bridgehead atoms. The van der Waals surface area contributed by atoms with Gasteiger partial charge >= 0.3 is 5.97 Å². The normalized spacial score (nSPS) is 10.7. The van der Waals surface area contributed by atoms with E-state index in [1.165, 1.54) is 30.6 Å². The molecule has 0 unspecified atom stereocenters. The van der Waals surface area contributed by atoms with E-state index in [-0.39, 0.29) is 0 Å². The number of carbonyl (C=O) groups is 3. The van der Waals surface area contributed by atoms with Crippen LogP contribution in [0.3, 0.4) is 0 Å². The SMILES string of the molecule is COc1ccc(C(=O)NC(=O)COC(=O)c2cc3c(C)nn(Cc4ccccc4)c3s2)cc1. The number of fused-ring (bicyclic) bond motifs is 1. The smallest absolute Gasteiger partial charge is 0.348 e. The summed E-state index contributed by atoms with van der Waals surface area (Å²) in [5.41, 5.74) is 2.19. The maximum atomic E-state index is 12.5. The third-order valence-corrected chi connectivity index (χ3v) is 6.05. The molecule has 168 valence electrons. The van der Waals surface area contributed by atoms with Crippen molar-refractivity contribution in [1.82, 2.24) is 15.1 Å². The van der Waals surface area contributed by atoms with Crippen LogP contribution >= 0.6 is 11.3 Å². The van der Waals surface area contributed by atoms with Crippen molar-refractivity contribution >= 4 is 39.3 Å². The monoisotopic (exact) mass is 463 g/mol. The van der Waals surface area contributed by atoms with Gasteiger partial charge in [0.15, 0.2) is 6.61 Å². The molecular weight excluding hydrogens is 442 g/mol. The zero-order chi connectivity index (χ0) is 23.4. The van der Waals surface area contributed by atoms with Crippen molar-refractivity contribution < 1.29 is 23.9 Å². The topological polar surface area (TPSA) is 99.5 Å². The van der Waals surface area contributed by atoms with E-state index in [9.17, 15) is 14.4 Å². The summed E-state index contributed by atoms with van der Waals surface area (Å²) in [6, 6.07) is 17.9. The van der Waals surface area contributed by atoms with E-state index in [1.807, 2.05) is 41.9 Å². The Kier molecular flexibility index (Phi) is 6.50. The fourth-order valence-electron chi connectivity index (χ4n) is 3.26. The first-order chi connectivity index (χ1) is 15.9. The van der Waals surface area contributed by atoms with Gasteiger partial charge in [-0.05, 0) is 42.8 Å². The highest BCUT2D eigenvalue weighted by Gasteiger charge is 2.19. The number of aryl methyl sites for hydroxylation is 1. The number of thiophene rings is 1. The third kappa shape index (κ3) is 5.09. The number of ether oxygens (including phenoxy) is 2. The molecular formula is C24H21N3O5S. The molecule has 0 aliphatic rings. The van der Waals surface area contributed by atoms with Gasteiger partial charge in [-0.1, -0.05) is 30.3 Å². The number of methoxy groups -OCH3 is 1. The maximum Gasteiger partial charge on any atom is 0.348 e. The lowest BCUT2D eigenvalue weighted by Gasteiger charge is -2.06. The first-order valence-corrected chi connectivity index (χ1v) is 10.9. The summed E-state index contributed by atoms with van der Waals surface area (Å²) in [5, 5.41) is 7.62. The van der Waals surface area contributed by atoms with Crippen LogP contribution in [0.1, 0.15) is 31.3 Å². The van der Waals surface area contributed by atoms with Crippen LogP contribution in [0.25, 0.3) is 10.2 Å². The predicted molar refractivity (Wildman–Crippen MR) is 124 cm³/mol. The van der Waals surface area contributed by atoms with E-state index in [0.717, 1.165) is 21.5 Å². The van der Waals surface area contributed by atoms with Gasteiger partial charge in [0.1, 0.15) is 15.5 Å². The molecule has 8 nitrogen and oxygen atoms in total. The van der Waals surface area contributed by atoms with Gasteiger partial charge in [-0.3, -0.25) is 19.6 Å². The fourth-order valence-corrected chi connectivity index (χ4v) is 4.31. The molecule has 4 rings (SSSR count). The van der Waals surface area contributed by atoms with Gasteiger partial charge in [-0.15, -0.1) is 11.3 Å². The summed E-state index contributed by atoms with van der Waals surface area (Å²) in [6.45, 7) is 1.89. The minimum absolute atomic E-state index is 0.290. The minimum Gasteiger partial charge on any atom is -0.497 e. The number of rotatable bonds is 7. The molecule has 0 atom stereocenters. The van der Waals surface area contributed by atoms with E-state index >= 15 is 0 Å². The second-order valence-corrected chi connectivity index (χ2v) is 8.27. The standard InChI is InChI=1S/C24H21N3O5S/c1-15-19-12-20(33-23(19)27(26-15)13-16-6-4-3-5-7-16)24(30)32-14-21(28)25-22(29)17-8-10-18(31-2)11-9-17/h3-12H,13-14H2,1-2H3,(H,25,28,29). The molecule has 0 saturated carbocycles. The van der Waals surface area contributed by atoms with Crippen LogP contribution in [0.5, 0.6) is 5.75 Å². The van der Waals surface area contributed by atoms with Crippen molar-refractivity contribution in [2.75, 3.05) is 13.7 Å². The number of imide groups is 1. The largest absolute Gasteiger partial charge is 0.497 e. The molecule has 2 amide bonds. The van der Waals surface area contributed by atoms with Crippen LogP contribution in [0.15, 0.2) is 60.7 Å². The van der Waals surface area contributed by atoms with Crippen molar-refractivity contribution in [3.63, 3.8) is 0 Å². The van der Waals surface area contributed by atoms with Gasteiger partial charge in [-0.25, -0.2) is 4.79 Å². The average molecular weight is 464 g/mol. The van der Waals surface area contributed by atoms with Gasteiger partial charge < -0.3 is 9.47 Å². The van der Waals surface area contributed by atoms with E-state index in [2.05, 4.69) is 10.4 Å². The first kappa shape index (κ1) is 22.2. The lowest BCUT2D eigenvalue weighted by Crippen LogP contribution is -2.34. The Bertz CT molecular complexity index is 1310. The van der Waals surface area contributed by atoms with Gasteiger partial charge in [-0.2, -0.15) is 5.10 Å². The molecule has 2 aromatic heterocycles. The third-order valence-electron chi connectivity index (χ3n) is 4.92. The number of nitrogens with one attached hydrogen (secondary N) is 1. The summed E-state index contributed by atoms with van der Waals surface area (Å²) < 4.78 is 12.0. The predicted octanol–water partition coefficient (Wildman–Crippen LogP) is 3.58. The van der Waals surface area contributed by atoms with Gasteiger partial charge in [0.2, 0.25) is 0 Å². The summed E-state index contributed by atoms with van der Waals surface area (Å²) in [6.07, 6.45) is 0. The van der Waals surface area contributed by atoms with E-state index in [0.29, 0.717) is 22.7 Å². The molecule has 0 saturated heterocycles. The van der Waals surface area contributed by atoms with Crippen LogP contribution in [0, 0.1) is 6.92 Å². The zero-order valence-electron chi connectivity index (χ0n) is 18.0. The van der Waals surface area contributed by atoms with Crippen molar-refractivity contribution in [1.29, 1.82) is 0 Å². The number of amides is 2. The summed E-state index contributed by atoms with van der Waals surface area (Å²) in [5.74, 6) is -1.33. The zero-order valence-corrected chi connectivity index (χ0v) is 18.8. The molecule has 0 radical (unpaired) electrons. The highest BCUT2D eigenvalue weighted by Crippen LogP contribution is 2.29. The maximum absolute atomic E-state index is 12.5. The molecule has 4 aromatic rings. The number of hydrogen-bond acceptors (Lipinski definition) is 7. The average Bonchev–Trinajstić information content (AvgIpc) is 3.39. The van der Waals surface area contributed by atoms with Crippen molar-refractivity contribution in [3.05, 3.63) is 82.4 Å². The molecule has 9 heteroatoms.